The van der Waals surface area contributed by atoms with Crippen molar-refractivity contribution in [3.8, 4) is 11.3 Å². The van der Waals surface area contributed by atoms with Gasteiger partial charge in [-0.15, -0.1) is 0 Å². The van der Waals surface area contributed by atoms with Crippen LogP contribution in [-0.4, -0.2) is 23.1 Å². The molecule has 0 bridgehead atoms. The first-order chi connectivity index (χ1) is 9.34. The Kier molecular flexibility index (Phi) is 3.65. The Bertz CT molecular complexity index is 515. The molecular formula is C16H20N2O. The van der Waals surface area contributed by atoms with Crippen molar-refractivity contribution in [2.24, 2.45) is 0 Å². The predicted octanol–water partition coefficient (Wildman–Crippen LogP) is 3.89. The van der Waals surface area contributed by atoms with E-state index in [0.29, 0.717) is 6.04 Å². The van der Waals surface area contributed by atoms with Gasteiger partial charge in [0.25, 0.3) is 0 Å². The molecule has 0 spiro atoms. The van der Waals surface area contributed by atoms with Gasteiger partial charge in [-0.05, 0) is 32.9 Å². The molecule has 3 rings (SSSR count). The lowest BCUT2D eigenvalue weighted by Gasteiger charge is -2.30. The Hall–Kier alpha value is -1.61. The molecule has 0 N–H and O–H groups in total. The van der Waals surface area contributed by atoms with Crippen molar-refractivity contribution in [1.82, 2.24) is 10.1 Å². The minimum absolute atomic E-state index is 0.324. The lowest BCUT2D eigenvalue weighted by atomic mass is 10.1. The second kappa shape index (κ2) is 5.57. The summed E-state index contributed by atoms with van der Waals surface area (Å²) in [7, 11) is 0. The summed E-state index contributed by atoms with van der Waals surface area (Å²) in [5, 5.41) is 4.20. The number of hydrogen-bond acceptors (Lipinski definition) is 3. The zero-order valence-electron chi connectivity index (χ0n) is 11.4. The molecule has 1 unspecified atom stereocenters. The van der Waals surface area contributed by atoms with Gasteiger partial charge in [-0.1, -0.05) is 41.9 Å². The smallest absolute Gasteiger partial charge is 0.154 e. The van der Waals surface area contributed by atoms with Crippen molar-refractivity contribution in [2.45, 2.75) is 32.2 Å². The first-order valence-electron chi connectivity index (χ1n) is 7.11. The zero-order chi connectivity index (χ0) is 13.1. The topological polar surface area (TPSA) is 29.3 Å². The SMILES string of the molecule is CC(c1cc(-c2ccccc2)no1)N1CCCCC1. The molecule has 1 atom stereocenters. The minimum atomic E-state index is 0.324. The molecule has 1 saturated heterocycles. The van der Waals surface area contributed by atoms with E-state index >= 15 is 0 Å². The molecular weight excluding hydrogens is 236 g/mol. The third kappa shape index (κ3) is 2.71. The van der Waals surface area contributed by atoms with Crippen LogP contribution in [0.1, 0.15) is 38.0 Å². The van der Waals surface area contributed by atoms with Gasteiger partial charge in [-0.3, -0.25) is 4.90 Å². The minimum Gasteiger partial charge on any atom is -0.359 e. The van der Waals surface area contributed by atoms with Crippen molar-refractivity contribution in [3.05, 3.63) is 42.2 Å². The van der Waals surface area contributed by atoms with E-state index in [1.54, 1.807) is 0 Å². The number of hydrogen-bond donors (Lipinski definition) is 0. The predicted molar refractivity (Wildman–Crippen MR) is 75.8 cm³/mol. The first-order valence-corrected chi connectivity index (χ1v) is 7.11. The summed E-state index contributed by atoms with van der Waals surface area (Å²) in [6.45, 7) is 4.55. The Balaban J connectivity index is 1.77. The van der Waals surface area contributed by atoms with Gasteiger partial charge in [0, 0.05) is 11.6 Å². The van der Waals surface area contributed by atoms with Gasteiger partial charge in [0.2, 0.25) is 0 Å². The van der Waals surface area contributed by atoms with Crippen LogP contribution in [0.3, 0.4) is 0 Å². The first kappa shape index (κ1) is 12.4. The van der Waals surface area contributed by atoms with Gasteiger partial charge in [-0.2, -0.15) is 0 Å². The molecule has 0 saturated carbocycles. The van der Waals surface area contributed by atoms with Crippen molar-refractivity contribution >= 4 is 0 Å². The molecule has 0 radical (unpaired) electrons. The van der Waals surface area contributed by atoms with Gasteiger partial charge in [0.05, 0.1) is 6.04 Å². The standard InChI is InChI=1S/C16H20N2O/c1-13(18-10-6-3-7-11-18)16-12-15(17-19-16)14-8-4-2-5-9-14/h2,4-5,8-9,12-13H,3,6-7,10-11H2,1H3. The van der Waals surface area contributed by atoms with Crippen LogP contribution in [0.25, 0.3) is 11.3 Å². The number of benzene rings is 1. The zero-order valence-corrected chi connectivity index (χ0v) is 11.4. The Labute approximate surface area is 114 Å². The molecule has 0 aliphatic carbocycles. The molecule has 1 fully saturated rings. The van der Waals surface area contributed by atoms with Gasteiger partial charge in [0.15, 0.2) is 5.76 Å². The van der Waals surface area contributed by atoms with Crippen LogP contribution in [0.2, 0.25) is 0 Å². The summed E-state index contributed by atoms with van der Waals surface area (Å²) in [6.07, 6.45) is 3.95. The van der Waals surface area contributed by atoms with Crippen LogP contribution in [0.5, 0.6) is 0 Å². The number of nitrogens with zero attached hydrogens (tertiary/aromatic N) is 2. The molecule has 3 nitrogen and oxygen atoms in total. The average Bonchev–Trinajstić information content (AvgIpc) is 2.98. The number of likely N-dealkylation sites (tertiary alicyclic amines) is 1. The maximum Gasteiger partial charge on any atom is 0.154 e. The Morgan fingerprint density at radius 3 is 2.58 bits per heavy atom. The number of rotatable bonds is 3. The van der Waals surface area contributed by atoms with E-state index in [1.807, 2.05) is 18.2 Å². The Morgan fingerprint density at radius 1 is 1.11 bits per heavy atom. The fourth-order valence-corrected chi connectivity index (χ4v) is 2.72. The normalized spacial score (nSPS) is 18.4. The van der Waals surface area contributed by atoms with Crippen LogP contribution in [-0.2, 0) is 0 Å². The molecule has 1 aromatic carbocycles. The summed E-state index contributed by atoms with van der Waals surface area (Å²) in [5.41, 5.74) is 2.04. The van der Waals surface area contributed by atoms with E-state index in [-0.39, 0.29) is 0 Å². The molecule has 1 aliphatic heterocycles. The molecule has 1 aromatic heterocycles. The van der Waals surface area contributed by atoms with Gasteiger partial charge in [0.1, 0.15) is 5.69 Å². The fourth-order valence-electron chi connectivity index (χ4n) is 2.72. The lowest BCUT2D eigenvalue weighted by molar-refractivity contribution is 0.150. The summed E-state index contributed by atoms with van der Waals surface area (Å²) in [5.74, 6) is 0.973. The molecule has 3 heteroatoms. The maximum absolute atomic E-state index is 5.54. The maximum atomic E-state index is 5.54. The highest BCUT2D eigenvalue weighted by atomic mass is 16.5. The van der Waals surface area contributed by atoms with Crippen molar-refractivity contribution < 1.29 is 4.52 Å². The average molecular weight is 256 g/mol. The van der Waals surface area contributed by atoms with Crippen LogP contribution in [0, 0.1) is 0 Å². The van der Waals surface area contributed by atoms with Crippen LogP contribution < -0.4 is 0 Å². The number of aromatic nitrogens is 1. The van der Waals surface area contributed by atoms with Crippen molar-refractivity contribution in [2.75, 3.05) is 13.1 Å². The highest BCUT2D eigenvalue weighted by molar-refractivity contribution is 5.58. The molecule has 100 valence electrons. The van der Waals surface area contributed by atoms with E-state index in [9.17, 15) is 0 Å². The van der Waals surface area contributed by atoms with Crippen molar-refractivity contribution in [3.63, 3.8) is 0 Å². The van der Waals surface area contributed by atoms with E-state index in [0.717, 1.165) is 17.0 Å². The fraction of sp³-hybridized carbons (Fsp3) is 0.438. The summed E-state index contributed by atoms with van der Waals surface area (Å²) < 4.78 is 5.54. The lowest BCUT2D eigenvalue weighted by Crippen LogP contribution is -2.32. The van der Waals surface area contributed by atoms with Crippen molar-refractivity contribution in [1.29, 1.82) is 0 Å². The summed E-state index contributed by atoms with van der Waals surface area (Å²) >= 11 is 0. The molecule has 2 heterocycles. The van der Waals surface area contributed by atoms with Crippen LogP contribution >= 0.6 is 0 Å². The monoisotopic (exact) mass is 256 g/mol. The highest BCUT2D eigenvalue weighted by Crippen LogP contribution is 2.27. The van der Waals surface area contributed by atoms with E-state index in [2.05, 4.69) is 35.2 Å². The van der Waals surface area contributed by atoms with E-state index < -0.39 is 0 Å². The quantitative estimate of drug-likeness (QED) is 0.834. The largest absolute Gasteiger partial charge is 0.359 e. The van der Waals surface area contributed by atoms with Crippen LogP contribution in [0.15, 0.2) is 40.9 Å². The van der Waals surface area contributed by atoms with Gasteiger partial charge in [-0.25, -0.2) is 0 Å². The summed E-state index contributed by atoms with van der Waals surface area (Å²) in [4.78, 5) is 2.48. The van der Waals surface area contributed by atoms with E-state index in [1.165, 1.54) is 32.4 Å². The van der Waals surface area contributed by atoms with E-state index in [4.69, 9.17) is 4.52 Å². The second-order valence-corrected chi connectivity index (χ2v) is 5.25. The molecule has 0 amide bonds. The molecule has 1 aliphatic rings. The third-order valence-corrected chi connectivity index (χ3v) is 3.95. The Morgan fingerprint density at radius 2 is 1.84 bits per heavy atom. The highest BCUT2D eigenvalue weighted by Gasteiger charge is 2.21. The number of piperidine rings is 1. The second-order valence-electron chi connectivity index (χ2n) is 5.25. The van der Waals surface area contributed by atoms with Crippen LogP contribution in [0.4, 0.5) is 0 Å². The summed E-state index contributed by atoms with van der Waals surface area (Å²) in [6, 6.07) is 12.6. The molecule has 2 aromatic rings. The van der Waals surface area contributed by atoms with Gasteiger partial charge < -0.3 is 4.52 Å². The van der Waals surface area contributed by atoms with Gasteiger partial charge >= 0.3 is 0 Å². The molecule has 19 heavy (non-hydrogen) atoms. The third-order valence-electron chi connectivity index (χ3n) is 3.95.